The zero-order valence-electron chi connectivity index (χ0n) is 8.64. The highest BCUT2D eigenvalue weighted by Crippen LogP contribution is 2.25. The fourth-order valence-corrected chi connectivity index (χ4v) is 1.89. The van der Waals surface area contributed by atoms with Crippen molar-refractivity contribution >= 4 is 17.4 Å². The summed E-state index contributed by atoms with van der Waals surface area (Å²) < 4.78 is 12.9. The van der Waals surface area contributed by atoms with E-state index in [-0.39, 0.29) is 5.82 Å². The maximum Gasteiger partial charge on any atom is 0.192 e. The molecule has 2 aromatic rings. The molecule has 0 saturated heterocycles. The summed E-state index contributed by atoms with van der Waals surface area (Å²) in [5, 5.41) is 0.531. The molecule has 1 heterocycles. The Hall–Kier alpha value is -1.62. The number of halogens is 1. The predicted octanol–water partition coefficient (Wildman–Crippen LogP) is 2.66. The van der Waals surface area contributed by atoms with Crippen LogP contribution in [0.25, 0.3) is 0 Å². The lowest BCUT2D eigenvalue weighted by Crippen LogP contribution is -1.93. The van der Waals surface area contributed by atoms with E-state index >= 15 is 0 Å². The quantitative estimate of drug-likeness (QED) is 0.642. The van der Waals surface area contributed by atoms with Gasteiger partial charge in [0.25, 0.3) is 0 Å². The van der Waals surface area contributed by atoms with E-state index in [0.29, 0.717) is 16.5 Å². The monoisotopic (exact) mass is 235 g/mol. The number of rotatable bonds is 2. The first kappa shape index (κ1) is 10.9. The van der Waals surface area contributed by atoms with Crippen molar-refractivity contribution in [1.29, 1.82) is 0 Å². The molecule has 1 aromatic heterocycles. The Kier molecular flexibility index (Phi) is 3.05. The van der Waals surface area contributed by atoms with Gasteiger partial charge in [0, 0.05) is 10.6 Å². The minimum absolute atomic E-state index is 0.355. The SMILES string of the molecule is Cc1nc(Sc2ccc(N)cc2)ncc1F. The third kappa shape index (κ3) is 2.49. The topological polar surface area (TPSA) is 51.8 Å². The van der Waals surface area contributed by atoms with Crippen LogP contribution in [-0.2, 0) is 0 Å². The molecule has 0 atom stereocenters. The van der Waals surface area contributed by atoms with Gasteiger partial charge in [0.2, 0.25) is 0 Å². The van der Waals surface area contributed by atoms with E-state index in [1.54, 1.807) is 19.1 Å². The molecule has 0 spiro atoms. The molecular formula is C11H10FN3S. The number of anilines is 1. The third-order valence-corrected chi connectivity index (χ3v) is 2.87. The number of nitrogens with two attached hydrogens (primary N) is 1. The van der Waals surface area contributed by atoms with Gasteiger partial charge in [-0.1, -0.05) is 0 Å². The molecule has 0 aliphatic carbocycles. The Morgan fingerprint density at radius 2 is 1.94 bits per heavy atom. The highest BCUT2D eigenvalue weighted by atomic mass is 32.2. The van der Waals surface area contributed by atoms with Crippen molar-refractivity contribution in [2.45, 2.75) is 17.0 Å². The van der Waals surface area contributed by atoms with Crippen LogP contribution in [0.3, 0.4) is 0 Å². The van der Waals surface area contributed by atoms with E-state index in [4.69, 9.17) is 5.73 Å². The van der Waals surface area contributed by atoms with Crippen LogP contribution in [0.15, 0.2) is 40.5 Å². The highest BCUT2D eigenvalue weighted by Gasteiger charge is 2.04. The first-order valence-electron chi connectivity index (χ1n) is 4.67. The summed E-state index contributed by atoms with van der Waals surface area (Å²) in [6.07, 6.45) is 1.18. The van der Waals surface area contributed by atoms with E-state index in [1.165, 1.54) is 18.0 Å². The third-order valence-electron chi connectivity index (χ3n) is 1.99. The van der Waals surface area contributed by atoms with Crippen LogP contribution in [0, 0.1) is 12.7 Å². The average molecular weight is 235 g/mol. The van der Waals surface area contributed by atoms with Crippen LogP contribution in [-0.4, -0.2) is 9.97 Å². The lowest BCUT2D eigenvalue weighted by atomic mass is 10.3. The van der Waals surface area contributed by atoms with E-state index < -0.39 is 0 Å². The van der Waals surface area contributed by atoms with Crippen LogP contribution in [0.2, 0.25) is 0 Å². The van der Waals surface area contributed by atoms with Gasteiger partial charge >= 0.3 is 0 Å². The van der Waals surface area contributed by atoms with Crippen molar-refractivity contribution in [2.24, 2.45) is 0 Å². The van der Waals surface area contributed by atoms with Crippen LogP contribution >= 0.6 is 11.8 Å². The molecule has 0 saturated carbocycles. The summed E-state index contributed by atoms with van der Waals surface area (Å²) in [7, 11) is 0. The molecular weight excluding hydrogens is 225 g/mol. The normalized spacial score (nSPS) is 10.4. The fraction of sp³-hybridized carbons (Fsp3) is 0.0909. The molecule has 0 aliphatic heterocycles. The molecule has 0 amide bonds. The van der Waals surface area contributed by atoms with Gasteiger partial charge < -0.3 is 5.73 Å². The van der Waals surface area contributed by atoms with Crippen LogP contribution in [0.4, 0.5) is 10.1 Å². The summed E-state index contributed by atoms with van der Waals surface area (Å²) >= 11 is 1.37. The lowest BCUT2D eigenvalue weighted by Gasteiger charge is -2.01. The Labute approximate surface area is 96.9 Å². The zero-order valence-corrected chi connectivity index (χ0v) is 9.46. The summed E-state index contributed by atoms with van der Waals surface area (Å²) in [5.74, 6) is -0.387. The van der Waals surface area contributed by atoms with Crippen LogP contribution < -0.4 is 5.73 Å². The van der Waals surface area contributed by atoms with Gasteiger partial charge in [0.15, 0.2) is 11.0 Å². The summed E-state index contributed by atoms with van der Waals surface area (Å²) in [6, 6.07) is 7.36. The largest absolute Gasteiger partial charge is 0.399 e. The molecule has 0 fully saturated rings. The van der Waals surface area contributed by atoms with Gasteiger partial charge in [-0.2, -0.15) is 0 Å². The van der Waals surface area contributed by atoms with Gasteiger partial charge in [-0.25, -0.2) is 14.4 Å². The number of aryl methyl sites for hydroxylation is 1. The fourth-order valence-electron chi connectivity index (χ4n) is 1.12. The Bertz CT molecular complexity index is 499. The van der Waals surface area contributed by atoms with Gasteiger partial charge in [-0.05, 0) is 43.0 Å². The zero-order chi connectivity index (χ0) is 11.5. The number of hydrogen-bond acceptors (Lipinski definition) is 4. The summed E-state index contributed by atoms with van der Waals surface area (Å²) in [4.78, 5) is 8.91. The standard InChI is InChI=1S/C11H10FN3S/c1-7-10(12)6-14-11(15-7)16-9-4-2-8(13)3-5-9/h2-6H,13H2,1H3. The first-order valence-corrected chi connectivity index (χ1v) is 5.49. The molecule has 1 aromatic carbocycles. The van der Waals surface area contributed by atoms with Crippen molar-refractivity contribution in [3.63, 3.8) is 0 Å². The Morgan fingerprint density at radius 1 is 1.25 bits per heavy atom. The van der Waals surface area contributed by atoms with Gasteiger partial charge in [0.05, 0.1) is 11.9 Å². The average Bonchev–Trinajstić information content (AvgIpc) is 2.27. The molecule has 0 unspecified atom stereocenters. The van der Waals surface area contributed by atoms with Crippen molar-refractivity contribution in [1.82, 2.24) is 9.97 Å². The Balaban J connectivity index is 2.20. The van der Waals surface area contributed by atoms with Crippen molar-refractivity contribution in [2.75, 3.05) is 5.73 Å². The van der Waals surface area contributed by atoms with E-state index in [9.17, 15) is 4.39 Å². The Morgan fingerprint density at radius 3 is 2.56 bits per heavy atom. The van der Waals surface area contributed by atoms with Crippen LogP contribution in [0.1, 0.15) is 5.69 Å². The number of nitrogen functional groups attached to an aromatic ring is 1. The minimum Gasteiger partial charge on any atom is -0.399 e. The number of benzene rings is 1. The van der Waals surface area contributed by atoms with Crippen molar-refractivity contribution < 1.29 is 4.39 Å². The molecule has 5 heteroatoms. The maximum absolute atomic E-state index is 12.9. The number of nitrogens with zero attached hydrogens (tertiary/aromatic N) is 2. The molecule has 16 heavy (non-hydrogen) atoms. The van der Waals surface area contributed by atoms with Crippen molar-refractivity contribution in [3.8, 4) is 0 Å². The maximum atomic E-state index is 12.9. The number of aromatic nitrogens is 2. The molecule has 82 valence electrons. The van der Waals surface area contributed by atoms with Gasteiger partial charge in [0.1, 0.15) is 0 Å². The molecule has 2 N–H and O–H groups in total. The second-order valence-electron chi connectivity index (χ2n) is 3.26. The minimum atomic E-state index is -0.387. The summed E-state index contributed by atoms with van der Waals surface area (Å²) in [6.45, 7) is 1.62. The molecule has 0 aliphatic rings. The van der Waals surface area contributed by atoms with Crippen molar-refractivity contribution in [3.05, 3.63) is 42.0 Å². The second kappa shape index (κ2) is 4.49. The summed E-state index contributed by atoms with van der Waals surface area (Å²) in [5.41, 5.74) is 6.64. The van der Waals surface area contributed by atoms with Gasteiger partial charge in [-0.3, -0.25) is 0 Å². The predicted molar refractivity (Wildman–Crippen MR) is 61.7 cm³/mol. The van der Waals surface area contributed by atoms with Gasteiger partial charge in [-0.15, -0.1) is 0 Å². The molecule has 2 rings (SSSR count). The van der Waals surface area contributed by atoms with E-state index in [2.05, 4.69) is 9.97 Å². The second-order valence-corrected chi connectivity index (χ2v) is 4.30. The molecule has 3 nitrogen and oxygen atoms in total. The lowest BCUT2D eigenvalue weighted by molar-refractivity contribution is 0.592. The van der Waals surface area contributed by atoms with E-state index in [1.807, 2.05) is 12.1 Å². The number of hydrogen-bond donors (Lipinski definition) is 1. The molecule has 0 radical (unpaired) electrons. The van der Waals surface area contributed by atoms with Crippen LogP contribution in [0.5, 0.6) is 0 Å². The first-order chi connectivity index (χ1) is 7.65. The highest BCUT2D eigenvalue weighted by molar-refractivity contribution is 7.99. The van der Waals surface area contributed by atoms with E-state index in [0.717, 1.165) is 4.90 Å². The smallest absolute Gasteiger partial charge is 0.192 e. The molecule has 0 bridgehead atoms.